The number of carbonyl (C=O) groups is 1. The average molecular weight is 433 g/mol. The molecule has 0 aromatic heterocycles. The van der Waals surface area contributed by atoms with E-state index < -0.39 is 0 Å². The molecular weight excluding hydrogens is 407 g/mol. The van der Waals surface area contributed by atoms with Gasteiger partial charge >= 0.3 is 0 Å². The highest BCUT2D eigenvalue weighted by atomic mass is 35.5. The first-order chi connectivity index (χ1) is 13.9. The molecule has 4 rings (SSSR count). The number of aromatic hydroxyl groups is 1. The van der Waals surface area contributed by atoms with Gasteiger partial charge in [-0.3, -0.25) is 9.69 Å². The molecule has 1 N–H and O–H groups in total. The third kappa shape index (κ3) is 4.25. The van der Waals surface area contributed by atoms with Crippen molar-refractivity contribution in [3.63, 3.8) is 0 Å². The smallest absolute Gasteiger partial charge is 0.227 e. The van der Waals surface area contributed by atoms with Crippen molar-refractivity contribution in [1.29, 1.82) is 0 Å². The molecule has 154 valence electrons. The van der Waals surface area contributed by atoms with Crippen molar-refractivity contribution < 1.29 is 9.90 Å². The highest BCUT2D eigenvalue weighted by Gasteiger charge is 2.38. The lowest BCUT2D eigenvalue weighted by Crippen LogP contribution is -2.48. The Morgan fingerprint density at radius 3 is 2.62 bits per heavy atom. The lowest BCUT2D eigenvalue weighted by Gasteiger charge is -2.43. The van der Waals surface area contributed by atoms with E-state index in [1.165, 1.54) is 12.8 Å². The quantitative estimate of drug-likeness (QED) is 0.750. The van der Waals surface area contributed by atoms with E-state index in [9.17, 15) is 9.90 Å². The fourth-order valence-corrected chi connectivity index (χ4v) is 5.11. The minimum absolute atomic E-state index is 0.0206. The minimum atomic E-state index is -0.0206. The lowest BCUT2D eigenvalue weighted by molar-refractivity contribution is -0.133. The van der Waals surface area contributed by atoms with Gasteiger partial charge in [0.2, 0.25) is 5.91 Å². The van der Waals surface area contributed by atoms with Crippen molar-refractivity contribution in [2.24, 2.45) is 0 Å². The summed E-state index contributed by atoms with van der Waals surface area (Å²) >= 11 is 12.1. The normalized spacial score (nSPS) is 21.8. The highest BCUT2D eigenvalue weighted by Crippen LogP contribution is 2.39. The van der Waals surface area contributed by atoms with Gasteiger partial charge in [0.15, 0.2) is 0 Å². The Morgan fingerprint density at radius 2 is 1.90 bits per heavy atom. The van der Waals surface area contributed by atoms with Crippen molar-refractivity contribution >= 4 is 29.1 Å². The summed E-state index contributed by atoms with van der Waals surface area (Å²) in [4.78, 5) is 17.6. The van der Waals surface area contributed by atoms with Gasteiger partial charge in [-0.1, -0.05) is 35.3 Å². The van der Waals surface area contributed by atoms with Gasteiger partial charge in [0, 0.05) is 13.1 Å². The molecule has 0 unspecified atom stereocenters. The third-order valence-corrected chi connectivity index (χ3v) is 7.02. The number of hydrogen-bond acceptors (Lipinski definition) is 3. The van der Waals surface area contributed by atoms with Crippen LogP contribution in [0.1, 0.15) is 42.0 Å². The van der Waals surface area contributed by atoms with Crippen molar-refractivity contribution in [2.75, 3.05) is 20.1 Å². The number of hydrogen-bond donors (Lipinski definition) is 1. The molecule has 2 aliphatic rings. The molecular formula is C23H26Cl2N2O2. The maximum Gasteiger partial charge on any atom is 0.227 e. The standard InChI is InChI=1S/C23H26Cl2N2O2/c1-26(22(29)13-15-4-8-19(24)20(25)12-15)23-18-7-6-17(28)14-16(18)5-9-21(23)27-10-2-3-11-27/h4,6-8,12,14,21,23,28H,2-3,5,9-11,13H2,1H3/t21-,23-/m0/s1. The van der Waals surface area contributed by atoms with Gasteiger partial charge < -0.3 is 10.0 Å². The van der Waals surface area contributed by atoms with Gasteiger partial charge in [-0.2, -0.15) is 0 Å². The second-order valence-electron chi connectivity index (χ2n) is 8.11. The summed E-state index contributed by atoms with van der Waals surface area (Å²) in [6.07, 6.45) is 4.63. The van der Waals surface area contributed by atoms with Crippen molar-refractivity contribution in [2.45, 2.75) is 44.2 Å². The van der Waals surface area contributed by atoms with Gasteiger partial charge in [-0.05, 0) is 79.7 Å². The van der Waals surface area contributed by atoms with Crippen LogP contribution in [0.15, 0.2) is 36.4 Å². The van der Waals surface area contributed by atoms with E-state index in [-0.39, 0.29) is 24.1 Å². The molecule has 1 aliphatic heterocycles. The Hall–Kier alpha value is -1.75. The van der Waals surface area contributed by atoms with E-state index in [1.54, 1.807) is 18.2 Å². The van der Waals surface area contributed by atoms with Gasteiger partial charge in [-0.25, -0.2) is 0 Å². The Kier molecular flexibility index (Phi) is 6.05. The summed E-state index contributed by atoms with van der Waals surface area (Å²) in [5, 5.41) is 10.9. The van der Waals surface area contributed by atoms with Crippen LogP contribution in [-0.4, -0.2) is 47.0 Å². The number of likely N-dealkylation sites (tertiary alicyclic amines) is 1. The molecule has 4 nitrogen and oxygen atoms in total. The molecule has 6 heteroatoms. The van der Waals surface area contributed by atoms with Gasteiger partial charge in [0.05, 0.1) is 22.5 Å². The largest absolute Gasteiger partial charge is 0.508 e. The molecule has 1 aliphatic carbocycles. The number of benzene rings is 2. The van der Waals surface area contributed by atoms with Gasteiger partial charge in [-0.15, -0.1) is 0 Å². The van der Waals surface area contributed by atoms with E-state index in [1.807, 2.05) is 30.1 Å². The first kappa shape index (κ1) is 20.5. The number of halogens is 2. The van der Waals surface area contributed by atoms with Gasteiger partial charge in [0.25, 0.3) is 0 Å². The summed E-state index contributed by atoms with van der Waals surface area (Å²) in [6.45, 7) is 2.17. The van der Waals surface area contributed by atoms with Crippen LogP contribution < -0.4 is 0 Å². The van der Waals surface area contributed by atoms with Crippen LogP contribution in [0.3, 0.4) is 0 Å². The van der Waals surface area contributed by atoms with Crippen LogP contribution in [0.5, 0.6) is 5.75 Å². The Labute approximate surface area is 182 Å². The van der Waals surface area contributed by atoms with E-state index in [4.69, 9.17) is 23.2 Å². The second kappa shape index (κ2) is 8.55. The summed E-state index contributed by atoms with van der Waals surface area (Å²) in [5.41, 5.74) is 3.14. The molecule has 2 aromatic carbocycles. The first-order valence-corrected chi connectivity index (χ1v) is 10.9. The fraction of sp³-hybridized carbons (Fsp3) is 0.435. The fourth-order valence-electron chi connectivity index (χ4n) is 4.79. The zero-order chi connectivity index (χ0) is 20.5. The predicted octanol–water partition coefficient (Wildman–Crippen LogP) is 4.85. The highest BCUT2D eigenvalue weighted by molar-refractivity contribution is 6.42. The molecule has 2 aromatic rings. The molecule has 29 heavy (non-hydrogen) atoms. The minimum Gasteiger partial charge on any atom is -0.508 e. The molecule has 1 amide bonds. The Bertz CT molecular complexity index is 912. The maximum absolute atomic E-state index is 13.2. The van der Waals surface area contributed by atoms with E-state index >= 15 is 0 Å². The number of likely N-dealkylation sites (N-methyl/N-ethyl adjacent to an activating group) is 1. The predicted molar refractivity (Wildman–Crippen MR) is 117 cm³/mol. The zero-order valence-electron chi connectivity index (χ0n) is 16.6. The zero-order valence-corrected chi connectivity index (χ0v) is 18.1. The van der Waals surface area contributed by atoms with Crippen molar-refractivity contribution in [3.8, 4) is 5.75 Å². The lowest BCUT2D eigenvalue weighted by atomic mass is 9.82. The summed E-state index contributed by atoms with van der Waals surface area (Å²) in [6, 6.07) is 11.2. The average Bonchev–Trinajstić information content (AvgIpc) is 3.24. The molecule has 1 fully saturated rings. The summed E-state index contributed by atoms with van der Waals surface area (Å²) in [5.74, 6) is 0.338. The molecule has 0 spiro atoms. The molecule has 2 atom stereocenters. The van der Waals surface area contributed by atoms with Crippen molar-refractivity contribution in [3.05, 3.63) is 63.1 Å². The number of aryl methyl sites for hydroxylation is 1. The monoisotopic (exact) mass is 432 g/mol. The summed E-state index contributed by atoms with van der Waals surface area (Å²) < 4.78 is 0. The Balaban J connectivity index is 1.62. The third-order valence-electron chi connectivity index (χ3n) is 6.28. The number of amides is 1. The van der Waals surface area contributed by atoms with E-state index in [0.29, 0.717) is 16.1 Å². The van der Waals surface area contributed by atoms with Crippen LogP contribution in [-0.2, 0) is 17.6 Å². The number of phenolic OH excluding ortho intramolecular Hbond substituents is 1. The Morgan fingerprint density at radius 1 is 1.14 bits per heavy atom. The SMILES string of the molecule is CN(C(=O)Cc1ccc(Cl)c(Cl)c1)[C@H]1c2ccc(O)cc2CC[C@@H]1N1CCCC1. The molecule has 1 heterocycles. The van der Waals surface area contributed by atoms with Crippen molar-refractivity contribution in [1.82, 2.24) is 9.80 Å². The van der Waals surface area contributed by atoms with Gasteiger partial charge in [0.1, 0.15) is 5.75 Å². The van der Waals surface area contributed by atoms with Crippen LogP contribution in [0.25, 0.3) is 0 Å². The van der Waals surface area contributed by atoms with Crippen LogP contribution in [0.2, 0.25) is 10.0 Å². The number of fused-ring (bicyclic) bond motifs is 1. The molecule has 1 saturated heterocycles. The first-order valence-electron chi connectivity index (χ1n) is 10.2. The second-order valence-corrected chi connectivity index (χ2v) is 8.92. The van der Waals surface area contributed by atoms with E-state index in [2.05, 4.69) is 4.90 Å². The molecule has 0 radical (unpaired) electrons. The van der Waals surface area contributed by atoms with Crippen LogP contribution in [0.4, 0.5) is 0 Å². The number of carbonyl (C=O) groups excluding carboxylic acids is 1. The number of nitrogens with zero attached hydrogens (tertiary/aromatic N) is 2. The number of rotatable bonds is 4. The molecule has 0 bridgehead atoms. The van der Waals surface area contributed by atoms with E-state index in [0.717, 1.165) is 42.6 Å². The maximum atomic E-state index is 13.2. The summed E-state index contributed by atoms with van der Waals surface area (Å²) in [7, 11) is 1.90. The van der Waals surface area contributed by atoms with Crippen LogP contribution in [0, 0.1) is 0 Å². The number of phenols is 1. The molecule has 0 saturated carbocycles. The topological polar surface area (TPSA) is 43.8 Å². The van der Waals surface area contributed by atoms with Crippen LogP contribution >= 0.6 is 23.2 Å².